The van der Waals surface area contributed by atoms with Gasteiger partial charge in [0.1, 0.15) is 5.82 Å². The molecule has 1 aromatic rings. The van der Waals surface area contributed by atoms with Crippen LogP contribution in [0.4, 0.5) is 4.39 Å². The van der Waals surface area contributed by atoms with Gasteiger partial charge in [0.05, 0.1) is 5.41 Å². The Balaban J connectivity index is 1.99. The van der Waals surface area contributed by atoms with Gasteiger partial charge in [0.15, 0.2) is 0 Å². The van der Waals surface area contributed by atoms with Crippen molar-refractivity contribution in [1.82, 2.24) is 10.2 Å². The Morgan fingerprint density at radius 3 is 2.68 bits per heavy atom. The standard InChI is InChI=1S/C20H29FN2O2/c1-4-16(5-2)18(24)23-11-7-10-20(3,14-23)19(25)22-13-15-8-6-9-17(21)12-15/h6,8-9,12,16H,4-5,7,10-11,13-14H2,1-3H3,(H,22,25)/t20-/m1/s1. The molecular formula is C20H29FN2O2. The van der Waals surface area contributed by atoms with E-state index in [0.29, 0.717) is 13.1 Å². The van der Waals surface area contributed by atoms with E-state index in [0.717, 1.165) is 37.8 Å². The molecule has 1 heterocycles. The van der Waals surface area contributed by atoms with Crippen LogP contribution in [0.1, 0.15) is 52.0 Å². The molecule has 0 bridgehead atoms. The van der Waals surface area contributed by atoms with Gasteiger partial charge in [0.2, 0.25) is 11.8 Å². The van der Waals surface area contributed by atoms with Crippen molar-refractivity contribution in [3.63, 3.8) is 0 Å². The largest absolute Gasteiger partial charge is 0.351 e. The summed E-state index contributed by atoms with van der Waals surface area (Å²) in [6.07, 6.45) is 3.24. The lowest BCUT2D eigenvalue weighted by Gasteiger charge is -2.40. The molecule has 0 unspecified atom stereocenters. The molecule has 1 N–H and O–H groups in total. The molecule has 4 nitrogen and oxygen atoms in total. The minimum absolute atomic E-state index is 0.0395. The summed E-state index contributed by atoms with van der Waals surface area (Å²) >= 11 is 0. The third-order valence-corrected chi connectivity index (χ3v) is 5.23. The van der Waals surface area contributed by atoms with Crippen molar-refractivity contribution < 1.29 is 14.0 Å². The molecule has 1 saturated heterocycles. The van der Waals surface area contributed by atoms with E-state index in [1.807, 2.05) is 25.7 Å². The predicted molar refractivity (Wildman–Crippen MR) is 96.2 cm³/mol. The van der Waals surface area contributed by atoms with E-state index < -0.39 is 5.41 Å². The highest BCUT2D eigenvalue weighted by Gasteiger charge is 2.40. The summed E-state index contributed by atoms with van der Waals surface area (Å²) in [6, 6.07) is 6.23. The minimum atomic E-state index is -0.590. The van der Waals surface area contributed by atoms with Crippen LogP contribution in [-0.2, 0) is 16.1 Å². The normalized spacial score (nSPS) is 20.6. The zero-order valence-corrected chi connectivity index (χ0v) is 15.5. The highest BCUT2D eigenvalue weighted by molar-refractivity contribution is 5.84. The molecule has 25 heavy (non-hydrogen) atoms. The zero-order valence-electron chi connectivity index (χ0n) is 15.5. The van der Waals surface area contributed by atoms with Crippen molar-refractivity contribution in [2.24, 2.45) is 11.3 Å². The molecule has 5 heteroatoms. The summed E-state index contributed by atoms with van der Waals surface area (Å²) in [5.74, 6) is -0.178. The topological polar surface area (TPSA) is 49.4 Å². The number of benzene rings is 1. The maximum atomic E-state index is 13.2. The fourth-order valence-electron chi connectivity index (χ4n) is 3.55. The second-order valence-electron chi connectivity index (χ2n) is 7.25. The molecule has 1 aliphatic rings. The van der Waals surface area contributed by atoms with Gasteiger partial charge in [0.25, 0.3) is 0 Å². The second kappa shape index (κ2) is 8.45. The predicted octanol–water partition coefficient (Wildman–Crippen LogP) is 3.51. The van der Waals surface area contributed by atoms with Crippen LogP contribution in [0, 0.1) is 17.2 Å². The molecule has 0 aliphatic carbocycles. The maximum Gasteiger partial charge on any atom is 0.227 e. The summed E-state index contributed by atoms with van der Waals surface area (Å²) in [6.45, 7) is 7.45. The van der Waals surface area contributed by atoms with Crippen molar-refractivity contribution in [3.05, 3.63) is 35.6 Å². The van der Waals surface area contributed by atoms with Gasteiger partial charge in [-0.15, -0.1) is 0 Å². The number of rotatable bonds is 6. The third kappa shape index (κ3) is 4.80. The van der Waals surface area contributed by atoms with Crippen LogP contribution in [0.25, 0.3) is 0 Å². The average molecular weight is 348 g/mol. The monoisotopic (exact) mass is 348 g/mol. The Hall–Kier alpha value is -1.91. The molecule has 2 rings (SSSR count). The smallest absolute Gasteiger partial charge is 0.227 e. The summed E-state index contributed by atoms with van der Waals surface area (Å²) < 4.78 is 13.2. The number of piperidine rings is 1. The van der Waals surface area contributed by atoms with Gasteiger partial charge < -0.3 is 10.2 Å². The molecule has 2 amide bonds. The molecule has 0 spiro atoms. The van der Waals surface area contributed by atoms with Crippen molar-refractivity contribution >= 4 is 11.8 Å². The van der Waals surface area contributed by atoms with Gasteiger partial charge in [-0.1, -0.05) is 26.0 Å². The van der Waals surface area contributed by atoms with Crippen LogP contribution >= 0.6 is 0 Å². The Labute approximate surface area is 149 Å². The molecule has 0 radical (unpaired) electrons. The third-order valence-electron chi connectivity index (χ3n) is 5.23. The van der Waals surface area contributed by atoms with Crippen LogP contribution in [-0.4, -0.2) is 29.8 Å². The number of carbonyl (C=O) groups excluding carboxylic acids is 2. The lowest BCUT2D eigenvalue weighted by molar-refractivity contribution is -0.143. The van der Waals surface area contributed by atoms with E-state index in [4.69, 9.17) is 0 Å². The average Bonchev–Trinajstić information content (AvgIpc) is 2.60. The van der Waals surface area contributed by atoms with Crippen LogP contribution < -0.4 is 5.32 Å². The first-order valence-corrected chi connectivity index (χ1v) is 9.21. The van der Waals surface area contributed by atoms with Crippen LogP contribution in [0.15, 0.2) is 24.3 Å². The van der Waals surface area contributed by atoms with E-state index in [1.165, 1.54) is 12.1 Å². The molecule has 0 saturated carbocycles. The van der Waals surface area contributed by atoms with Crippen molar-refractivity contribution in [2.45, 2.75) is 53.0 Å². The summed E-state index contributed by atoms with van der Waals surface area (Å²) in [4.78, 5) is 27.2. The molecule has 138 valence electrons. The molecule has 1 aliphatic heterocycles. The van der Waals surface area contributed by atoms with Gasteiger partial charge >= 0.3 is 0 Å². The van der Waals surface area contributed by atoms with Crippen molar-refractivity contribution in [2.75, 3.05) is 13.1 Å². The van der Waals surface area contributed by atoms with E-state index >= 15 is 0 Å². The highest BCUT2D eigenvalue weighted by Crippen LogP contribution is 2.31. The number of nitrogens with one attached hydrogen (secondary N) is 1. The fourth-order valence-corrected chi connectivity index (χ4v) is 3.55. The van der Waals surface area contributed by atoms with E-state index in [1.54, 1.807) is 12.1 Å². The Kier molecular flexibility index (Phi) is 6.57. The summed E-state index contributed by atoms with van der Waals surface area (Å²) in [7, 11) is 0. The molecule has 0 aromatic heterocycles. The highest BCUT2D eigenvalue weighted by atomic mass is 19.1. The maximum absolute atomic E-state index is 13.2. The number of amides is 2. The first-order valence-electron chi connectivity index (χ1n) is 9.21. The van der Waals surface area contributed by atoms with Crippen molar-refractivity contribution in [3.8, 4) is 0 Å². The summed E-state index contributed by atoms with van der Waals surface area (Å²) in [5.41, 5.74) is 0.144. The molecule has 1 atom stereocenters. The molecule has 1 fully saturated rings. The number of nitrogens with zero attached hydrogens (tertiary/aromatic N) is 1. The first-order chi connectivity index (χ1) is 11.9. The lowest BCUT2D eigenvalue weighted by atomic mass is 9.80. The SMILES string of the molecule is CCC(CC)C(=O)N1CCC[C@@](C)(C(=O)NCc2cccc(F)c2)C1. The molecular weight excluding hydrogens is 319 g/mol. The van der Waals surface area contributed by atoms with Gasteiger partial charge in [-0.2, -0.15) is 0 Å². The minimum Gasteiger partial charge on any atom is -0.351 e. The molecule has 1 aromatic carbocycles. The van der Waals surface area contributed by atoms with E-state index in [-0.39, 0.29) is 23.5 Å². The first kappa shape index (κ1) is 19.4. The van der Waals surface area contributed by atoms with Gasteiger partial charge in [-0.05, 0) is 50.3 Å². The Bertz CT molecular complexity index is 615. The van der Waals surface area contributed by atoms with Crippen LogP contribution in [0.3, 0.4) is 0 Å². The van der Waals surface area contributed by atoms with Crippen LogP contribution in [0.5, 0.6) is 0 Å². The van der Waals surface area contributed by atoms with E-state index in [2.05, 4.69) is 5.32 Å². The lowest BCUT2D eigenvalue weighted by Crippen LogP contribution is -2.52. The van der Waals surface area contributed by atoms with Gasteiger partial charge in [-0.3, -0.25) is 9.59 Å². The number of hydrogen-bond acceptors (Lipinski definition) is 2. The van der Waals surface area contributed by atoms with Crippen LogP contribution in [0.2, 0.25) is 0 Å². The van der Waals surface area contributed by atoms with E-state index in [9.17, 15) is 14.0 Å². The number of halogens is 1. The zero-order chi connectivity index (χ0) is 18.4. The van der Waals surface area contributed by atoms with Gasteiger partial charge in [0, 0.05) is 25.6 Å². The second-order valence-corrected chi connectivity index (χ2v) is 7.25. The number of hydrogen-bond donors (Lipinski definition) is 1. The quantitative estimate of drug-likeness (QED) is 0.855. The van der Waals surface area contributed by atoms with Crippen molar-refractivity contribution in [1.29, 1.82) is 0 Å². The summed E-state index contributed by atoms with van der Waals surface area (Å²) in [5, 5.41) is 2.91. The van der Waals surface area contributed by atoms with Gasteiger partial charge in [-0.25, -0.2) is 4.39 Å². The Morgan fingerprint density at radius 2 is 2.04 bits per heavy atom. The fraction of sp³-hybridized carbons (Fsp3) is 0.600. The number of likely N-dealkylation sites (tertiary alicyclic amines) is 1. The Morgan fingerprint density at radius 1 is 1.32 bits per heavy atom. The number of carbonyl (C=O) groups is 2.